The summed E-state index contributed by atoms with van der Waals surface area (Å²) in [5.41, 5.74) is 1.50. The van der Waals surface area contributed by atoms with Crippen molar-refractivity contribution in [3.8, 4) is 17.1 Å². The van der Waals surface area contributed by atoms with Gasteiger partial charge in [-0.2, -0.15) is 0 Å². The van der Waals surface area contributed by atoms with Gasteiger partial charge >= 0.3 is 0 Å². The number of benzene rings is 2. The lowest BCUT2D eigenvalue weighted by molar-refractivity contribution is -0.117. The Kier molecular flexibility index (Phi) is 5.78. The molecule has 1 fully saturated rings. The number of hydrogen-bond acceptors (Lipinski definition) is 5. The van der Waals surface area contributed by atoms with Crippen molar-refractivity contribution in [1.29, 1.82) is 0 Å². The van der Waals surface area contributed by atoms with Crippen LogP contribution in [0, 0.1) is 0 Å². The summed E-state index contributed by atoms with van der Waals surface area (Å²) in [6.07, 6.45) is 0.360. The molecule has 1 aromatic heterocycles. The average Bonchev–Trinajstić information content (AvgIpc) is 3.28. The topological polar surface area (TPSA) is 59.8 Å². The molecule has 0 spiro atoms. The maximum atomic E-state index is 12.9. The monoisotopic (exact) mass is 471 g/mol. The molecular weight excluding hydrogens is 454 g/mol. The molecule has 148 valence electrons. The Labute approximate surface area is 181 Å². The minimum Gasteiger partial charge on any atom is -0.494 e. The molecular formula is C22H18BrNO4S. The van der Waals surface area contributed by atoms with Crippen molar-refractivity contribution in [2.45, 2.75) is 18.6 Å². The van der Waals surface area contributed by atoms with Crippen LogP contribution in [0.5, 0.6) is 5.75 Å². The number of ether oxygens (including phenoxy) is 1. The van der Waals surface area contributed by atoms with Crippen molar-refractivity contribution < 1.29 is 18.7 Å². The first kappa shape index (κ1) is 19.8. The van der Waals surface area contributed by atoms with E-state index < -0.39 is 5.25 Å². The number of furan rings is 1. The van der Waals surface area contributed by atoms with Gasteiger partial charge in [-0.05, 0) is 55.5 Å². The summed E-state index contributed by atoms with van der Waals surface area (Å²) in [6.45, 7) is 2.46. The summed E-state index contributed by atoms with van der Waals surface area (Å²) in [6, 6.07) is 18.5. The molecule has 2 amide bonds. The summed E-state index contributed by atoms with van der Waals surface area (Å²) >= 11 is 4.45. The minimum atomic E-state index is -0.502. The Balaban J connectivity index is 1.47. The first-order chi connectivity index (χ1) is 14.0. The zero-order chi connectivity index (χ0) is 20.4. The van der Waals surface area contributed by atoms with Crippen LogP contribution in [0.15, 0.2) is 69.6 Å². The van der Waals surface area contributed by atoms with Crippen molar-refractivity contribution in [3.05, 3.63) is 70.9 Å². The van der Waals surface area contributed by atoms with Gasteiger partial charge in [0.1, 0.15) is 22.5 Å². The standard InChI is InChI=1S/C22H18BrNO4S/c1-2-27-17-9-7-16(8-10-17)24-21(25)20(29-22(24)26)13-18-11-12-19(28-18)14-3-5-15(23)6-4-14/h3-12,20H,2,13H2,1H3. The predicted octanol–water partition coefficient (Wildman–Crippen LogP) is 5.92. The van der Waals surface area contributed by atoms with Crippen molar-refractivity contribution >= 4 is 44.5 Å². The average molecular weight is 472 g/mol. The molecule has 3 aromatic rings. The number of thioether (sulfide) groups is 1. The van der Waals surface area contributed by atoms with Gasteiger partial charge in [-0.1, -0.05) is 39.8 Å². The molecule has 0 aliphatic carbocycles. The number of rotatable bonds is 6. The molecule has 1 atom stereocenters. The summed E-state index contributed by atoms with van der Waals surface area (Å²) in [5, 5.41) is -0.776. The zero-order valence-electron chi connectivity index (χ0n) is 15.6. The lowest BCUT2D eigenvalue weighted by Gasteiger charge is -2.14. The van der Waals surface area contributed by atoms with Gasteiger partial charge in [-0.3, -0.25) is 9.59 Å². The minimum absolute atomic E-state index is 0.231. The molecule has 4 rings (SSSR count). The molecule has 2 aromatic carbocycles. The van der Waals surface area contributed by atoms with Crippen molar-refractivity contribution in [2.24, 2.45) is 0 Å². The Hall–Kier alpha value is -2.51. The van der Waals surface area contributed by atoms with Gasteiger partial charge in [0.25, 0.3) is 5.24 Å². The van der Waals surface area contributed by atoms with Crippen LogP contribution in [0.2, 0.25) is 0 Å². The van der Waals surface area contributed by atoms with Gasteiger partial charge in [-0.15, -0.1) is 0 Å². The van der Waals surface area contributed by atoms with Crippen LogP contribution in [-0.2, 0) is 11.2 Å². The van der Waals surface area contributed by atoms with Crippen LogP contribution in [0.25, 0.3) is 11.3 Å². The van der Waals surface area contributed by atoms with Gasteiger partial charge in [0.2, 0.25) is 5.91 Å². The van der Waals surface area contributed by atoms with Gasteiger partial charge < -0.3 is 9.15 Å². The third kappa shape index (κ3) is 4.26. The largest absolute Gasteiger partial charge is 0.494 e. The van der Waals surface area contributed by atoms with Gasteiger partial charge in [-0.25, -0.2) is 4.90 Å². The smallest absolute Gasteiger partial charge is 0.293 e. The molecule has 0 saturated carbocycles. The SMILES string of the molecule is CCOc1ccc(N2C(=O)SC(Cc3ccc(-c4ccc(Br)cc4)o3)C2=O)cc1. The highest BCUT2D eigenvalue weighted by atomic mass is 79.9. The number of amides is 2. The maximum absolute atomic E-state index is 12.9. The third-order valence-corrected chi connectivity index (χ3v) is 6.07. The number of halogens is 1. The van der Waals surface area contributed by atoms with E-state index >= 15 is 0 Å². The van der Waals surface area contributed by atoms with Gasteiger partial charge in [0, 0.05) is 16.5 Å². The van der Waals surface area contributed by atoms with Gasteiger partial charge in [0.05, 0.1) is 12.3 Å². The maximum Gasteiger partial charge on any atom is 0.293 e. The van der Waals surface area contributed by atoms with Crippen LogP contribution >= 0.6 is 27.7 Å². The fourth-order valence-corrected chi connectivity index (χ4v) is 4.38. The number of imide groups is 1. The highest BCUT2D eigenvalue weighted by Crippen LogP contribution is 2.35. The highest BCUT2D eigenvalue weighted by molar-refractivity contribution is 9.10. The Morgan fingerprint density at radius 3 is 2.45 bits per heavy atom. The Morgan fingerprint density at radius 1 is 1.03 bits per heavy atom. The molecule has 0 N–H and O–H groups in total. The summed E-state index contributed by atoms with van der Waals surface area (Å²) in [4.78, 5) is 26.5. The van der Waals surface area contributed by atoms with Crippen molar-refractivity contribution in [1.82, 2.24) is 0 Å². The molecule has 1 aliphatic heterocycles. The number of anilines is 1. The fraction of sp³-hybridized carbons (Fsp3) is 0.182. The summed E-state index contributed by atoms with van der Waals surface area (Å²) < 4.78 is 12.3. The molecule has 1 unspecified atom stereocenters. The highest BCUT2D eigenvalue weighted by Gasteiger charge is 2.41. The first-order valence-corrected chi connectivity index (χ1v) is 10.8. The van der Waals surface area contributed by atoms with E-state index in [2.05, 4.69) is 15.9 Å². The van der Waals surface area contributed by atoms with E-state index in [1.165, 1.54) is 4.90 Å². The predicted molar refractivity (Wildman–Crippen MR) is 117 cm³/mol. The van der Waals surface area contributed by atoms with E-state index in [-0.39, 0.29) is 11.1 Å². The third-order valence-electron chi connectivity index (χ3n) is 4.50. The number of carbonyl (C=O) groups is 2. The number of hydrogen-bond donors (Lipinski definition) is 0. The summed E-state index contributed by atoms with van der Waals surface area (Å²) in [5.74, 6) is 1.88. The molecule has 2 heterocycles. The second-order valence-electron chi connectivity index (χ2n) is 6.45. The lowest BCUT2D eigenvalue weighted by Crippen LogP contribution is -2.32. The molecule has 0 radical (unpaired) electrons. The molecule has 1 saturated heterocycles. The van der Waals surface area contributed by atoms with Crippen LogP contribution in [0.3, 0.4) is 0 Å². The lowest BCUT2D eigenvalue weighted by atomic mass is 10.2. The van der Waals surface area contributed by atoms with Crippen LogP contribution in [0.1, 0.15) is 12.7 Å². The van der Waals surface area contributed by atoms with E-state index in [0.717, 1.165) is 27.6 Å². The second kappa shape index (κ2) is 8.47. The number of nitrogens with zero attached hydrogens (tertiary/aromatic N) is 1. The molecule has 0 bridgehead atoms. The number of carbonyl (C=O) groups excluding carboxylic acids is 2. The van der Waals surface area contributed by atoms with Crippen LogP contribution < -0.4 is 9.64 Å². The van der Waals surface area contributed by atoms with Crippen LogP contribution in [0.4, 0.5) is 10.5 Å². The quantitative estimate of drug-likeness (QED) is 0.446. The molecule has 5 nitrogen and oxygen atoms in total. The van der Waals surface area contributed by atoms with E-state index in [1.54, 1.807) is 24.3 Å². The van der Waals surface area contributed by atoms with Crippen LogP contribution in [-0.4, -0.2) is 23.0 Å². The normalized spacial score (nSPS) is 16.5. The van der Waals surface area contributed by atoms with Crippen molar-refractivity contribution in [2.75, 3.05) is 11.5 Å². The van der Waals surface area contributed by atoms with E-state index in [4.69, 9.17) is 9.15 Å². The molecule has 1 aliphatic rings. The van der Waals surface area contributed by atoms with Gasteiger partial charge in [0.15, 0.2) is 0 Å². The Morgan fingerprint density at radius 2 is 1.76 bits per heavy atom. The van der Waals surface area contributed by atoms with E-state index in [9.17, 15) is 9.59 Å². The molecule has 7 heteroatoms. The Bertz CT molecular complexity index is 1030. The molecule has 29 heavy (non-hydrogen) atoms. The zero-order valence-corrected chi connectivity index (χ0v) is 18.0. The van der Waals surface area contributed by atoms with Crippen molar-refractivity contribution in [3.63, 3.8) is 0 Å². The fourth-order valence-electron chi connectivity index (χ4n) is 3.12. The summed E-state index contributed by atoms with van der Waals surface area (Å²) in [7, 11) is 0. The first-order valence-electron chi connectivity index (χ1n) is 9.17. The second-order valence-corrected chi connectivity index (χ2v) is 8.52. The van der Waals surface area contributed by atoms with E-state index in [1.807, 2.05) is 43.3 Å². The van der Waals surface area contributed by atoms with E-state index in [0.29, 0.717) is 30.2 Å².